The van der Waals surface area contributed by atoms with Crippen LogP contribution < -0.4 is 32.0 Å². The highest BCUT2D eigenvalue weighted by atomic mass is 16.5. The highest BCUT2D eigenvalue weighted by Crippen LogP contribution is 2.27. The van der Waals surface area contributed by atoms with Crippen molar-refractivity contribution in [2.75, 3.05) is 24.7 Å². The number of hydrogen-bond donors (Lipinski definition) is 4. The number of anilines is 2. The summed E-state index contributed by atoms with van der Waals surface area (Å²) in [5, 5.41) is 18.4. The Morgan fingerprint density at radius 2 is 2.11 bits per heavy atom. The van der Waals surface area contributed by atoms with Gasteiger partial charge in [0.1, 0.15) is 46.6 Å². The number of nitrogens with two attached hydrogens (primary N) is 1. The average Bonchev–Trinajstić information content (AvgIpc) is 2.88. The first kappa shape index (κ1) is 27.7. The van der Waals surface area contributed by atoms with E-state index in [4.69, 9.17) is 15.5 Å². The molecule has 2 heterocycles. The Balaban J connectivity index is 2.20. The number of fused-ring (bicyclic) bond motifs is 1. The number of nitrogen functional groups attached to an aromatic ring is 1. The molecule has 12 heteroatoms. The van der Waals surface area contributed by atoms with Gasteiger partial charge in [-0.1, -0.05) is 26.0 Å². The first-order chi connectivity index (χ1) is 18.2. The Labute approximate surface area is 220 Å². The quantitative estimate of drug-likeness (QED) is 0.294. The van der Waals surface area contributed by atoms with E-state index in [1.54, 1.807) is 31.2 Å². The largest absolute Gasteiger partial charge is 0.496 e. The van der Waals surface area contributed by atoms with Crippen LogP contribution in [0.5, 0.6) is 5.75 Å². The molecule has 5 N–H and O–H groups in total. The van der Waals surface area contributed by atoms with Gasteiger partial charge >= 0.3 is 6.03 Å². The predicted molar refractivity (Wildman–Crippen MR) is 146 cm³/mol. The number of aromatic nitrogens is 4. The summed E-state index contributed by atoms with van der Waals surface area (Å²) in [6, 6.07) is 6.13. The maximum absolute atomic E-state index is 13.9. The number of hydrogen-bond acceptors (Lipinski definition) is 9. The van der Waals surface area contributed by atoms with Crippen LogP contribution in [0.2, 0.25) is 0 Å². The van der Waals surface area contributed by atoms with Crippen LogP contribution in [0.15, 0.2) is 47.7 Å². The number of amides is 2. The Morgan fingerprint density at radius 1 is 1.34 bits per heavy atom. The SMILES string of the molecule is C=C(/C=C(\CCC)NC(=O)NCC)n1c([C@H](C)Nc2ncnc(N)c2C#N)nc2cccc(OC)c2c1=O. The van der Waals surface area contributed by atoms with E-state index in [1.807, 2.05) is 19.9 Å². The smallest absolute Gasteiger partial charge is 0.318 e. The molecule has 0 fully saturated rings. The minimum atomic E-state index is -0.629. The van der Waals surface area contributed by atoms with Gasteiger partial charge in [-0.05, 0) is 38.5 Å². The Bertz CT molecular complexity index is 1490. The highest BCUT2D eigenvalue weighted by molar-refractivity contribution is 5.85. The fourth-order valence-electron chi connectivity index (χ4n) is 3.90. The van der Waals surface area contributed by atoms with Crippen molar-refractivity contribution in [3.8, 4) is 11.8 Å². The standard InChI is InChI=1S/C26H31N9O3/c1-6-9-17(33-26(37)29-7-2)12-15(3)35-24(16(4)32-23-18(13-27)22(28)30-14-31-23)34-19-10-8-11-20(38-5)21(19)25(35)36/h8,10-12,14,16H,3,6-7,9H2,1-2,4-5H3,(H2,29,33,37)(H3,28,30,31,32)/b17-12+/t16-/m0/s1. The summed E-state index contributed by atoms with van der Waals surface area (Å²) in [7, 11) is 1.48. The van der Waals surface area contributed by atoms with Gasteiger partial charge in [-0.15, -0.1) is 0 Å². The fourth-order valence-corrected chi connectivity index (χ4v) is 3.90. The van der Waals surface area contributed by atoms with Crippen LogP contribution in [-0.4, -0.2) is 39.2 Å². The maximum atomic E-state index is 13.9. The lowest BCUT2D eigenvalue weighted by atomic mass is 10.1. The number of carbonyl (C=O) groups is 1. The number of nitrogens with zero attached hydrogens (tertiary/aromatic N) is 5. The van der Waals surface area contributed by atoms with Gasteiger partial charge in [0.05, 0.1) is 18.7 Å². The number of carbonyl (C=O) groups excluding carboxylic acids is 1. The van der Waals surface area contributed by atoms with E-state index in [9.17, 15) is 14.9 Å². The van der Waals surface area contributed by atoms with Crippen LogP contribution in [0.4, 0.5) is 16.4 Å². The minimum Gasteiger partial charge on any atom is -0.496 e. The molecule has 38 heavy (non-hydrogen) atoms. The summed E-state index contributed by atoms with van der Waals surface area (Å²) in [6.45, 7) is 10.2. The van der Waals surface area contributed by atoms with Crippen LogP contribution in [0.1, 0.15) is 51.0 Å². The minimum absolute atomic E-state index is 0.0266. The molecular weight excluding hydrogens is 486 g/mol. The number of nitrogens with one attached hydrogen (secondary N) is 3. The zero-order valence-corrected chi connectivity index (χ0v) is 21.8. The first-order valence-electron chi connectivity index (χ1n) is 12.1. The van der Waals surface area contributed by atoms with E-state index < -0.39 is 11.6 Å². The summed E-state index contributed by atoms with van der Waals surface area (Å²) >= 11 is 0. The second-order valence-corrected chi connectivity index (χ2v) is 8.32. The molecule has 0 unspecified atom stereocenters. The number of rotatable bonds is 10. The summed E-state index contributed by atoms with van der Waals surface area (Å²) in [4.78, 5) is 38.8. The second kappa shape index (κ2) is 12.4. The normalized spacial score (nSPS) is 11.9. The summed E-state index contributed by atoms with van der Waals surface area (Å²) in [5.41, 5.74) is 6.79. The lowest BCUT2D eigenvalue weighted by Gasteiger charge is -2.21. The van der Waals surface area contributed by atoms with Gasteiger partial charge in [0.2, 0.25) is 0 Å². The molecule has 0 bridgehead atoms. The fraction of sp³-hybridized carbons (Fsp3) is 0.308. The van der Waals surface area contributed by atoms with Crippen molar-refractivity contribution in [3.63, 3.8) is 0 Å². The third-order valence-corrected chi connectivity index (χ3v) is 5.59. The summed E-state index contributed by atoms with van der Waals surface area (Å²) in [5.74, 6) is 0.887. The average molecular weight is 518 g/mol. The molecule has 0 radical (unpaired) electrons. The molecule has 12 nitrogen and oxygen atoms in total. The van der Waals surface area contributed by atoms with Crippen molar-refractivity contribution in [2.45, 2.75) is 39.7 Å². The van der Waals surface area contributed by atoms with Gasteiger partial charge in [-0.2, -0.15) is 5.26 Å². The Hall–Kier alpha value is -4.92. The zero-order chi connectivity index (χ0) is 27.8. The van der Waals surface area contributed by atoms with Crippen molar-refractivity contribution in [2.24, 2.45) is 0 Å². The zero-order valence-electron chi connectivity index (χ0n) is 21.8. The molecule has 0 aliphatic rings. The van der Waals surface area contributed by atoms with Crippen molar-refractivity contribution >= 4 is 34.3 Å². The predicted octanol–water partition coefficient (Wildman–Crippen LogP) is 3.30. The Kier molecular flexibility index (Phi) is 8.99. The van der Waals surface area contributed by atoms with Crippen molar-refractivity contribution < 1.29 is 9.53 Å². The molecule has 3 aromatic rings. The van der Waals surface area contributed by atoms with Crippen LogP contribution in [0.25, 0.3) is 16.6 Å². The third-order valence-electron chi connectivity index (χ3n) is 5.59. The van der Waals surface area contributed by atoms with Crippen molar-refractivity contribution in [1.29, 1.82) is 5.26 Å². The van der Waals surface area contributed by atoms with Crippen LogP contribution in [0, 0.1) is 11.3 Å². The topological polar surface area (TPSA) is 173 Å². The number of methoxy groups -OCH3 is 1. The maximum Gasteiger partial charge on any atom is 0.318 e. The molecule has 1 aromatic carbocycles. The molecule has 0 aliphatic carbocycles. The van der Waals surface area contributed by atoms with Gasteiger partial charge in [-0.25, -0.2) is 19.7 Å². The molecule has 1 atom stereocenters. The molecule has 0 spiro atoms. The van der Waals surface area contributed by atoms with E-state index in [1.165, 1.54) is 18.0 Å². The number of urea groups is 1. The third kappa shape index (κ3) is 5.89. The van der Waals surface area contributed by atoms with E-state index >= 15 is 0 Å². The number of ether oxygens (including phenoxy) is 1. The van der Waals surface area contributed by atoms with E-state index in [-0.39, 0.29) is 34.3 Å². The molecule has 0 aliphatic heterocycles. The van der Waals surface area contributed by atoms with Crippen molar-refractivity contribution in [1.82, 2.24) is 30.2 Å². The first-order valence-corrected chi connectivity index (χ1v) is 12.1. The number of allylic oxidation sites excluding steroid dienone is 3. The molecular formula is C26H31N9O3. The van der Waals surface area contributed by atoms with Gasteiger partial charge in [0.25, 0.3) is 5.56 Å². The second-order valence-electron chi connectivity index (χ2n) is 8.32. The molecule has 2 amide bonds. The summed E-state index contributed by atoms with van der Waals surface area (Å²) in [6.07, 6.45) is 4.18. The lowest BCUT2D eigenvalue weighted by molar-refractivity contribution is 0.243. The lowest BCUT2D eigenvalue weighted by Crippen LogP contribution is -2.35. The highest BCUT2D eigenvalue weighted by Gasteiger charge is 2.22. The molecule has 0 saturated carbocycles. The van der Waals surface area contributed by atoms with Crippen LogP contribution >= 0.6 is 0 Å². The number of nitriles is 1. The van der Waals surface area contributed by atoms with Crippen LogP contribution in [-0.2, 0) is 0 Å². The molecule has 2 aromatic heterocycles. The Morgan fingerprint density at radius 3 is 2.76 bits per heavy atom. The number of benzene rings is 1. The molecule has 0 saturated heterocycles. The van der Waals surface area contributed by atoms with Gasteiger partial charge in [0, 0.05) is 17.9 Å². The van der Waals surface area contributed by atoms with E-state index in [0.29, 0.717) is 35.8 Å². The van der Waals surface area contributed by atoms with Gasteiger partial charge in [-0.3, -0.25) is 9.36 Å². The van der Waals surface area contributed by atoms with Crippen LogP contribution in [0.3, 0.4) is 0 Å². The van der Waals surface area contributed by atoms with Gasteiger partial charge in [0.15, 0.2) is 0 Å². The molecule has 3 rings (SSSR count). The molecule has 198 valence electrons. The van der Waals surface area contributed by atoms with Crippen molar-refractivity contribution in [3.05, 3.63) is 64.6 Å². The van der Waals surface area contributed by atoms with E-state index in [2.05, 4.69) is 32.5 Å². The van der Waals surface area contributed by atoms with Gasteiger partial charge < -0.3 is 26.4 Å². The summed E-state index contributed by atoms with van der Waals surface area (Å²) < 4.78 is 6.79. The van der Waals surface area contributed by atoms with E-state index in [0.717, 1.165) is 6.42 Å². The monoisotopic (exact) mass is 517 g/mol.